The second-order valence-electron chi connectivity index (χ2n) is 3.54. The first-order valence-corrected chi connectivity index (χ1v) is 5.55. The van der Waals surface area contributed by atoms with Gasteiger partial charge < -0.3 is 9.67 Å². The van der Waals surface area contributed by atoms with E-state index in [1.807, 2.05) is 17.7 Å². The van der Waals surface area contributed by atoms with Crippen LogP contribution in [-0.2, 0) is 6.54 Å². The minimum absolute atomic E-state index is 0.204. The number of aromatic carboxylic acids is 1. The molecular weight excluding hydrogens is 240 g/mol. The van der Waals surface area contributed by atoms with Gasteiger partial charge in [-0.25, -0.2) is 9.78 Å². The molecule has 5 heteroatoms. The van der Waals surface area contributed by atoms with Gasteiger partial charge in [0.25, 0.3) is 0 Å². The van der Waals surface area contributed by atoms with Crippen molar-refractivity contribution in [3.8, 4) is 11.4 Å². The average Bonchev–Trinajstić information content (AvgIpc) is 2.77. The van der Waals surface area contributed by atoms with E-state index in [2.05, 4.69) is 4.98 Å². The Kier molecular flexibility index (Phi) is 3.15. The molecule has 0 aliphatic rings. The van der Waals surface area contributed by atoms with Crippen LogP contribution in [0.1, 0.15) is 17.3 Å². The lowest BCUT2D eigenvalue weighted by atomic mass is 10.1. The van der Waals surface area contributed by atoms with Crippen molar-refractivity contribution < 1.29 is 9.90 Å². The summed E-state index contributed by atoms with van der Waals surface area (Å²) < 4.78 is 1.91. The Bertz CT molecular complexity index is 563. The summed E-state index contributed by atoms with van der Waals surface area (Å²) in [7, 11) is 0. The third kappa shape index (κ3) is 2.17. The Balaban J connectivity index is 2.58. The van der Waals surface area contributed by atoms with Crippen LogP contribution in [0, 0.1) is 0 Å². The maximum Gasteiger partial charge on any atom is 0.335 e. The molecule has 0 fully saturated rings. The van der Waals surface area contributed by atoms with Gasteiger partial charge in [-0.05, 0) is 25.1 Å². The molecule has 1 aromatic carbocycles. The highest BCUT2D eigenvalue weighted by atomic mass is 35.5. The van der Waals surface area contributed by atoms with Crippen LogP contribution in [0.2, 0.25) is 5.02 Å². The molecule has 17 heavy (non-hydrogen) atoms. The van der Waals surface area contributed by atoms with Crippen LogP contribution in [0.15, 0.2) is 30.6 Å². The normalized spacial score (nSPS) is 10.5. The maximum atomic E-state index is 10.9. The largest absolute Gasteiger partial charge is 0.478 e. The molecule has 1 N–H and O–H groups in total. The molecule has 2 aromatic rings. The van der Waals surface area contributed by atoms with E-state index in [9.17, 15) is 4.79 Å². The molecule has 1 aromatic heterocycles. The predicted octanol–water partition coefficient (Wildman–Crippen LogP) is 2.92. The molecule has 1 heterocycles. The third-order valence-corrected chi connectivity index (χ3v) is 2.84. The van der Waals surface area contributed by atoms with Gasteiger partial charge >= 0.3 is 5.97 Å². The number of carbonyl (C=O) groups is 1. The SMILES string of the molecule is CCn1ccnc1-c1cc(C(=O)O)ccc1Cl. The fourth-order valence-electron chi connectivity index (χ4n) is 1.64. The van der Waals surface area contributed by atoms with Gasteiger partial charge in [0.05, 0.1) is 10.6 Å². The molecule has 0 amide bonds. The summed E-state index contributed by atoms with van der Waals surface area (Å²) in [4.78, 5) is 15.1. The second-order valence-corrected chi connectivity index (χ2v) is 3.94. The van der Waals surface area contributed by atoms with E-state index in [1.165, 1.54) is 6.07 Å². The summed E-state index contributed by atoms with van der Waals surface area (Å²) in [6.07, 6.45) is 3.50. The maximum absolute atomic E-state index is 10.9. The van der Waals surface area contributed by atoms with Gasteiger partial charge in [-0.1, -0.05) is 11.6 Å². The number of halogens is 1. The van der Waals surface area contributed by atoms with Crippen molar-refractivity contribution in [1.82, 2.24) is 9.55 Å². The number of aryl methyl sites for hydroxylation is 1. The highest BCUT2D eigenvalue weighted by Crippen LogP contribution is 2.27. The molecular formula is C12H11ClN2O2. The summed E-state index contributed by atoms with van der Waals surface area (Å²) >= 11 is 6.08. The number of nitrogens with zero attached hydrogens (tertiary/aromatic N) is 2. The Morgan fingerprint density at radius 2 is 2.29 bits per heavy atom. The number of hydrogen-bond donors (Lipinski definition) is 1. The quantitative estimate of drug-likeness (QED) is 0.911. The molecule has 0 bridgehead atoms. The standard InChI is InChI=1S/C12H11ClN2O2/c1-2-15-6-5-14-11(15)9-7-8(12(16)17)3-4-10(9)13/h3-7H,2H2,1H3,(H,16,17). The van der Waals surface area contributed by atoms with Gasteiger partial charge in [0, 0.05) is 24.5 Å². The van der Waals surface area contributed by atoms with Gasteiger partial charge in [-0.15, -0.1) is 0 Å². The number of carboxylic acid groups (broad SMARTS) is 1. The number of imidazole rings is 1. The monoisotopic (exact) mass is 250 g/mol. The summed E-state index contributed by atoms with van der Waals surface area (Å²) in [6, 6.07) is 4.60. The van der Waals surface area contributed by atoms with Gasteiger partial charge in [0.2, 0.25) is 0 Å². The van der Waals surface area contributed by atoms with Crippen molar-refractivity contribution in [3.63, 3.8) is 0 Å². The fourth-order valence-corrected chi connectivity index (χ4v) is 1.84. The first-order chi connectivity index (χ1) is 8.13. The van der Waals surface area contributed by atoms with Crippen molar-refractivity contribution in [2.75, 3.05) is 0 Å². The summed E-state index contributed by atoms with van der Waals surface area (Å²) in [5, 5.41) is 9.45. The summed E-state index contributed by atoms with van der Waals surface area (Å²) in [6.45, 7) is 2.74. The Hall–Kier alpha value is -1.81. The van der Waals surface area contributed by atoms with Crippen LogP contribution < -0.4 is 0 Å². The van der Waals surface area contributed by atoms with Gasteiger partial charge in [0.1, 0.15) is 5.82 Å². The van der Waals surface area contributed by atoms with E-state index in [4.69, 9.17) is 16.7 Å². The second kappa shape index (κ2) is 4.59. The van der Waals surface area contributed by atoms with Gasteiger partial charge in [-0.2, -0.15) is 0 Å². The first kappa shape index (κ1) is 11.7. The van der Waals surface area contributed by atoms with E-state index < -0.39 is 5.97 Å². The van der Waals surface area contributed by atoms with E-state index >= 15 is 0 Å². The van der Waals surface area contributed by atoms with Crippen molar-refractivity contribution in [1.29, 1.82) is 0 Å². The highest BCUT2D eigenvalue weighted by Gasteiger charge is 2.12. The van der Waals surface area contributed by atoms with Gasteiger partial charge in [0.15, 0.2) is 0 Å². The molecule has 0 radical (unpaired) electrons. The van der Waals surface area contributed by atoms with E-state index in [0.29, 0.717) is 16.4 Å². The van der Waals surface area contributed by atoms with Crippen LogP contribution >= 0.6 is 11.6 Å². The minimum Gasteiger partial charge on any atom is -0.478 e. The number of hydrogen-bond acceptors (Lipinski definition) is 2. The Morgan fingerprint density at radius 1 is 1.53 bits per heavy atom. The average molecular weight is 251 g/mol. The molecule has 0 saturated heterocycles. The summed E-state index contributed by atoms with van der Waals surface area (Å²) in [5.74, 6) is -0.293. The zero-order valence-electron chi connectivity index (χ0n) is 9.22. The Morgan fingerprint density at radius 3 is 2.94 bits per heavy atom. The third-order valence-electron chi connectivity index (χ3n) is 2.51. The van der Waals surface area contributed by atoms with Crippen molar-refractivity contribution in [2.45, 2.75) is 13.5 Å². The fraction of sp³-hybridized carbons (Fsp3) is 0.167. The van der Waals surface area contributed by atoms with Gasteiger partial charge in [-0.3, -0.25) is 0 Å². The highest BCUT2D eigenvalue weighted by molar-refractivity contribution is 6.33. The van der Waals surface area contributed by atoms with Crippen LogP contribution in [0.3, 0.4) is 0 Å². The number of aromatic nitrogens is 2. The van der Waals surface area contributed by atoms with Crippen molar-refractivity contribution >= 4 is 17.6 Å². The molecule has 0 saturated carbocycles. The van der Waals surface area contributed by atoms with Crippen LogP contribution in [-0.4, -0.2) is 20.6 Å². The van der Waals surface area contributed by atoms with Crippen LogP contribution in [0.5, 0.6) is 0 Å². The van der Waals surface area contributed by atoms with Crippen molar-refractivity contribution in [2.24, 2.45) is 0 Å². The van der Waals surface area contributed by atoms with Crippen LogP contribution in [0.25, 0.3) is 11.4 Å². The molecule has 4 nitrogen and oxygen atoms in total. The number of carboxylic acids is 1. The van der Waals surface area contributed by atoms with E-state index in [1.54, 1.807) is 18.3 Å². The topological polar surface area (TPSA) is 55.1 Å². The smallest absolute Gasteiger partial charge is 0.335 e. The lowest BCUT2D eigenvalue weighted by Gasteiger charge is -2.07. The van der Waals surface area contributed by atoms with E-state index in [-0.39, 0.29) is 5.56 Å². The molecule has 88 valence electrons. The van der Waals surface area contributed by atoms with E-state index in [0.717, 1.165) is 6.54 Å². The first-order valence-electron chi connectivity index (χ1n) is 5.18. The lowest BCUT2D eigenvalue weighted by Crippen LogP contribution is -2.00. The molecule has 0 aliphatic carbocycles. The zero-order chi connectivity index (χ0) is 12.4. The molecule has 0 spiro atoms. The minimum atomic E-state index is -0.975. The Labute approximate surface area is 103 Å². The number of rotatable bonds is 3. The lowest BCUT2D eigenvalue weighted by molar-refractivity contribution is 0.0697. The molecule has 2 rings (SSSR count). The van der Waals surface area contributed by atoms with Crippen LogP contribution in [0.4, 0.5) is 0 Å². The molecule has 0 unspecified atom stereocenters. The molecule has 0 atom stereocenters. The number of benzene rings is 1. The predicted molar refractivity (Wildman–Crippen MR) is 65.3 cm³/mol. The molecule has 0 aliphatic heterocycles. The van der Waals surface area contributed by atoms with Crippen molar-refractivity contribution in [3.05, 3.63) is 41.2 Å². The summed E-state index contributed by atoms with van der Waals surface area (Å²) in [5.41, 5.74) is 0.841. The zero-order valence-corrected chi connectivity index (χ0v) is 9.98.